The Kier molecular flexibility index (Phi) is 3.36. The zero-order chi connectivity index (χ0) is 14.4. The quantitative estimate of drug-likeness (QED) is 0.793. The molecule has 114 valence electrons. The highest BCUT2D eigenvalue weighted by Gasteiger charge is 2.48. The molecule has 1 aromatic rings. The van der Waals surface area contributed by atoms with Crippen molar-refractivity contribution in [2.45, 2.75) is 51.0 Å². The highest BCUT2D eigenvalue weighted by molar-refractivity contribution is 7.71. The lowest BCUT2D eigenvalue weighted by molar-refractivity contribution is -0.122. The second-order valence-corrected chi connectivity index (χ2v) is 7.19. The van der Waals surface area contributed by atoms with E-state index in [1.807, 2.05) is 4.57 Å². The summed E-state index contributed by atoms with van der Waals surface area (Å²) in [5.74, 6) is 3.68. The summed E-state index contributed by atoms with van der Waals surface area (Å²) in [6.45, 7) is 1.38. The maximum Gasteiger partial charge on any atom is 0.223 e. The molecule has 3 saturated carbocycles. The van der Waals surface area contributed by atoms with Crippen molar-refractivity contribution in [1.29, 1.82) is 0 Å². The average Bonchev–Trinajstić information content (AvgIpc) is 3.29. The molecule has 0 aliphatic heterocycles. The van der Waals surface area contributed by atoms with Crippen molar-refractivity contribution < 1.29 is 4.79 Å². The number of aromatic amines is 1. The summed E-state index contributed by atoms with van der Waals surface area (Å²) in [4.78, 5) is 12.1. The first-order chi connectivity index (χ1) is 10.2. The van der Waals surface area contributed by atoms with Crippen molar-refractivity contribution in [3.05, 3.63) is 10.6 Å². The van der Waals surface area contributed by atoms with Gasteiger partial charge in [-0.2, -0.15) is 5.10 Å². The number of nitrogens with zero attached hydrogens (tertiary/aromatic N) is 2. The topological polar surface area (TPSA) is 62.7 Å². The van der Waals surface area contributed by atoms with Gasteiger partial charge in [-0.25, -0.2) is 0 Å². The highest BCUT2D eigenvalue weighted by atomic mass is 32.1. The molecule has 1 heterocycles. The third-order valence-electron chi connectivity index (χ3n) is 5.30. The van der Waals surface area contributed by atoms with Gasteiger partial charge in [0.2, 0.25) is 5.91 Å². The van der Waals surface area contributed by atoms with E-state index in [0.29, 0.717) is 23.2 Å². The number of rotatable bonds is 6. The van der Waals surface area contributed by atoms with Gasteiger partial charge in [-0.05, 0) is 43.3 Å². The first kappa shape index (κ1) is 13.5. The van der Waals surface area contributed by atoms with Gasteiger partial charge in [0.05, 0.1) is 0 Å². The van der Waals surface area contributed by atoms with Gasteiger partial charge in [0.25, 0.3) is 0 Å². The average molecular weight is 306 g/mol. The predicted molar refractivity (Wildman–Crippen MR) is 81.3 cm³/mol. The third kappa shape index (κ3) is 2.65. The molecule has 6 heteroatoms. The second kappa shape index (κ2) is 5.23. The summed E-state index contributed by atoms with van der Waals surface area (Å²) < 4.78 is 2.72. The number of amides is 1. The van der Waals surface area contributed by atoms with Crippen molar-refractivity contribution in [1.82, 2.24) is 20.1 Å². The summed E-state index contributed by atoms with van der Waals surface area (Å²) in [5, 5.41) is 10.3. The molecule has 3 aliphatic rings. The normalized spacial score (nSPS) is 28.2. The number of carbonyl (C=O) groups is 1. The van der Waals surface area contributed by atoms with Crippen LogP contribution < -0.4 is 5.32 Å². The maximum atomic E-state index is 12.1. The molecule has 3 fully saturated rings. The highest BCUT2D eigenvalue weighted by Crippen LogP contribution is 2.51. The van der Waals surface area contributed by atoms with E-state index in [-0.39, 0.29) is 11.8 Å². The fraction of sp³-hybridized carbons (Fsp3) is 0.800. The van der Waals surface area contributed by atoms with Gasteiger partial charge in [-0.1, -0.05) is 19.3 Å². The SMILES string of the molecule is O=C(NCCn1c(C2CC2)n[nH]c1=S)[C@H]1C[C@H]1C1CCC1. The molecule has 1 aromatic heterocycles. The summed E-state index contributed by atoms with van der Waals surface area (Å²) >= 11 is 5.27. The molecule has 2 N–H and O–H groups in total. The van der Waals surface area contributed by atoms with Crippen molar-refractivity contribution in [3.8, 4) is 0 Å². The lowest BCUT2D eigenvalue weighted by Crippen LogP contribution is -2.30. The van der Waals surface area contributed by atoms with E-state index in [9.17, 15) is 4.79 Å². The lowest BCUT2D eigenvalue weighted by Gasteiger charge is -2.25. The number of H-pyrrole nitrogens is 1. The molecule has 5 nitrogen and oxygen atoms in total. The van der Waals surface area contributed by atoms with Crippen LogP contribution in [-0.4, -0.2) is 27.2 Å². The fourth-order valence-electron chi connectivity index (χ4n) is 3.53. The van der Waals surface area contributed by atoms with E-state index in [0.717, 1.165) is 24.7 Å². The number of hydrogen-bond acceptors (Lipinski definition) is 3. The molecule has 0 spiro atoms. The zero-order valence-electron chi connectivity index (χ0n) is 12.2. The number of hydrogen-bond donors (Lipinski definition) is 2. The molecule has 0 aromatic carbocycles. The minimum absolute atomic E-state index is 0.245. The van der Waals surface area contributed by atoms with Crippen molar-refractivity contribution in [3.63, 3.8) is 0 Å². The molecular weight excluding hydrogens is 284 g/mol. The van der Waals surface area contributed by atoms with Gasteiger partial charge < -0.3 is 9.88 Å². The van der Waals surface area contributed by atoms with Gasteiger partial charge in [0.15, 0.2) is 4.77 Å². The van der Waals surface area contributed by atoms with Crippen LogP contribution >= 0.6 is 12.2 Å². The van der Waals surface area contributed by atoms with E-state index in [2.05, 4.69) is 15.5 Å². The van der Waals surface area contributed by atoms with Crippen molar-refractivity contribution in [2.75, 3.05) is 6.54 Å². The molecule has 4 rings (SSSR count). The molecular formula is C15H22N4OS. The number of aromatic nitrogens is 3. The Labute approximate surface area is 129 Å². The van der Waals surface area contributed by atoms with Crippen LogP contribution in [0, 0.1) is 22.5 Å². The molecule has 3 aliphatic carbocycles. The summed E-state index contributed by atoms with van der Waals surface area (Å²) in [6, 6.07) is 0. The number of nitrogens with one attached hydrogen (secondary N) is 2. The Bertz CT molecular complexity index is 599. The van der Waals surface area contributed by atoms with E-state index in [4.69, 9.17) is 12.2 Å². The molecule has 0 bridgehead atoms. The second-order valence-electron chi connectivity index (χ2n) is 6.80. The summed E-state index contributed by atoms with van der Waals surface area (Å²) in [7, 11) is 0. The van der Waals surface area contributed by atoms with E-state index in [1.165, 1.54) is 32.1 Å². The van der Waals surface area contributed by atoms with E-state index in [1.54, 1.807) is 0 Å². The summed E-state index contributed by atoms with van der Waals surface area (Å²) in [6.07, 6.45) is 7.55. The van der Waals surface area contributed by atoms with Crippen LogP contribution in [0.4, 0.5) is 0 Å². The Morgan fingerprint density at radius 1 is 1.38 bits per heavy atom. The van der Waals surface area contributed by atoms with Crippen LogP contribution in [0.2, 0.25) is 0 Å². The van der Waals surface area contributed by atoms with Crippen LogP contribution in [0.1, 0.15) is 50.3 Å². The first-order valence-electron chi connectivity index (χ1n) is 8.17. The van der Waals surface area contributed by atoms with Gasteiger partial charge in [-0.15, -0.1) is 0 Å². The van der Waals surface area contributed by atoms with Gasteiger partial charge in [0, 0.05) is 24.9 Å². The third-order valence-corrected chi connectivity index (χ3v) is 5.61. The van der Waals surface area contributed by atoms with E-state index < -0.39 is 0 Å². The molecule has 21 heavy (non-hydrogen) atoms. The van der Waals surface area contributed by atoms with Gasteiger partial charge in [0.1, 0.15) is 5.82 Å². The molecule has 0 unspecified atom stereocenters. The summed E-state index contributed by atoms with van der Waals surface area (Å²) in [5.41, 5.74) is 0. The number of carbonyl (C=O) groups excluding carboxylic acids is 1. The van der Waals surface area contributed by atoms with Crippen molar-refractivity contribution in [2.24, 2.45) is 17.8 Å². The van der Waals surface area contributed by atoms with Crippen LogP contribution in [0.5, 0.6) is 0 Å². The molecule has 1 amide bonds. The lowest BCUT2D eigenvalue weighted by atomic mass is 9.81. The minimum atomic E-state index is 0.245. The van der Waals surface area contributed by atoms with E-state index >= 15 is 0 Å². The Morgan fingerprint density at radius 2 is 2.19 bits per heavy atom. The van der Waals surface area contributed by atoms with Crippen LogP contribution in [0.25, 0.3) is 0 Å². The first-order valence-corrected chi connectivity index (χ1v) is 8.57. The molecule has 2 atom stereocenters. The fourth-order valence-corrected chi connectivity index (χ4v) is 3.76. The Morgan fingerprint density at radius 3 is 2.86 bits per heavy atom. The molecule has 0 saturated heterocycles. The van der Waals surface area contributed by atoms with Crippen LogP contribution in [0.15, 0.2) is 0 Å². The van der Waals surface area contributed by atoms with Crippen LogP contribution in [0.3, 0.4) is 0 Å². The Balaban J connectivity index is 1.27. The largest absolute Gasteiger partial charge is 0.354 e. The van der Waals surface area contributed by atoms with Crippen molar-refractivity contribution >= 4 is 18.1 Å². The van der Waals surface area contributed by atoms with Crippen LogP contribution in [-0.2, 0) is 11.3 Å². The Hall–Kier alpha value is -1.17. The monoisotopic (exact) mass is 306 g/mol. The smallest absolute Gasteiger partial charge is 0.223 e. The zero-order valence-corrected chi connectivity index (χ0v) is 13.0. The van der Waals surface area contributed by atoms with Gasteiger partial charge >= 0.3 is 0 Å². The standard InChI is InChI=1S/C15H22N4OS/c20-14(12-8-11(12)9-2-1-3-9)16-6-7-19-13(10-4-5-10)17-18-15(19)21/h9-12H,1-8H2,(H,16,20)(H,18,21)/t11-,12-/m0/s1. The van der Waals surface area contributed by atoms with Gasteiger partial charge in [-0.3, -0.25) is 9.89 Å². The predicted octanol–water partition coefficient (Wildman–Crippen LogP) is 2.37. The maximum absolute atomic E-state index is 12.1. The minimum Gasteiger partial charge on any atom is -0.354 e. The molecule has 0 radical (unpaired) electrons.